The zero-order valence-corrected chi connectivity index (χ0v) is 6.02. The Balaban J connectivity index is 2.79. The third-order valence-corrected chi connectivity index (χ3v) is 1.38. The summed E-state index contributed by atoms with van der Waals surface area (Å²) in [6.07, 6.45) is 1.65. The monoisotopic (exact) mass is 156 g/mol. The van der Waals surface area contributed by atoms with Gasteiger partial charge in [0.1, 0.15) is 5.92 Å². The lowest BCUT2D eigenvalue weighted by Crippen LogP contribution is -2.10. The van der Waals surface area contributed by atoms with Crippen molar-refractivity contribution in [3.63, 3.8) is 0 Å². The highest BCUT2D eigenvalue weighted by Gasteiger charge is 2.22. The molecule has 5 heteroatoms. The molecule has 0 radical (unpaired) electrons. The molecule has 0 amide bonds. The molecular formula is C6H8N2O3. The van der Waals surface area contributed by atoms with Crippen LogP contribution in [-0.4, -0.2) is 21.2 Å². The van der Waals surface area contributed by atoms with E-state index >= 15 is 0 Å². The Morgan fingerprint density at radius 2 is 2.64 bits per heavy atom. The van der Waals surface area contributed by atoms with Gasteiger partial charge in [0.25, 0.3) is 0 Å². The van der Waals surface area contributed by atoms with Gasteiger partial charge in [0, 0.05) is 0 Å². The molecule has 0 saturated carbocycles. The van der Waals surface area contributed by atoms with E-state index in [4.69, 9.17) is 5.11 Å². The second kappa shape index (κ2) is 3.14. The highest BCUT2D eigenvalue weighted by atomic mass is 16.5. The molecule has 11 heavy (non-hydrogen) atoms. The van der Waals surface area contributed by atoms with Crippen LogP contribution >= 0.6 is 0 Å². The Hall–Kier alpha value is -1.39. The van der Waals surface area contributed by atoms with Gasteiger partial charge in [-0.15, -0.1) is 0 Å². The van der Waals surface area contributed by atoms with Gasteiger partial charge in [-0.1, -0.05) is 12.1 Å². The van der Waals surface area contributed by atoms with E-state index in [-0.39, 0.29) is 5.89 Å². The van der Waals surface area contributed by atoms with Crippen LogP contribution in [0.5, 0.6) is 0 Å². The molecule has 0 spiro atoms. The molecule has 0 bridgehead atoms. The van der Waals surface area contributed by atoms with Crippen molar-refractivity contribution in [2.45, 2.75) is 19.3 Å². The molecule has 1 heterocycles. The zero-order chi connectivity index (χ0) is 8.27. The maximum atomic E-state index is 10.5. The van der Waals surface area contributed by atoms with E-state index in [9.17, 15) is 4.79 Å². The van der Waals surface area contributed by atoms with Crippen molar-refractivity contribution in [1.29, 1.82) is 0 Å². The summed E-state index contributed by atoms with van der Waals surface area (Å²) in [5.41, 5.74) is 0. The summed E-state index contributed by atoms with van der Waals surface area (Å²) in [6, 6.07) is 0. The fourth-order valence-electron chi connectivity index (χ4n) is 0.790. The molecule has 1 atom stereocenters. The summed E-state index contributed by atoms with van der Waals surface area (Å²) in [4.78, 5) is 14.2. The van der Waals surface area contributed by atoms with Gasteiger partial charge in [0.05, 0.1) is 0 Å². The molecule has 0 aliphatic heterocycles. The first-order chi connectivity index (χ1) is 5.25. The molecule has 1 aromatic heterocycles. The highest BCUT2D eigenvalue weighted by molar-refractivity contribution is 5.74. The maximum absolute atomic E-state index is 10.5. The van der Waals surface area contributed by atoms with Crippen molar-refractivity contribution in [3.05, 3.63) is 12.2 Å². The topological polar surface area (TPSA) is 76.2 Å². The van der Waals surface area contributed by atoms with Crippen molar-refractivity contribution in [2.75, 3.05) is 0 Å². The van der Waals surface area contributed by atoms with Gasteiger partial charge in [-0.3, -0.25) is 4.79 Å². The quantitative estimate of drug-likeness (QED) is 0.695. The molecule has 1 unspecified atom stereocenters. The molecule has 0 saturated heterocycles. The van der Waals surface area contributed by atoms with Gasteiger partial charge in [-0.2, -0.15) is 4.98 Å². The predicted molar refractivity (Wildman–Crippen MR) is 35.0 cm³/mol. The Morgan fingerprint density at radius 1 is 1.91 bits per heavy atom. The number of hydrogen-bond acceptors (Lipinski definition) is 4. The molecule has 1 aromatic rings. The number of nitrogens with zero attached hydrogens (tertiary/aromatic N) is 2. The van der Waals surface area contributed by atoms with Gasteiger partial charge in [-0.25, -0.2) is 0 Å². The van der Waals surface area contributed by atoms with Crippen LogP contribution < -0.4 is 0 Å². The van der Waals surface area contributed by atoms with Crippen LogP contribution in [0.4, 0.5) is 0 Å². The van der Waals surface area contributed by atoms with Crippen molar-refractivity contribution in [3.8, 4) is 0 Å². The van der Waals surface area contributed by atoms with Crippen LogP contribution in [0.1, 0.15) is 25.2 Å². The van der Waals surface area contributed by atoms with Gasteiger partial charge in [0.15, 0.2) is 6.33 Å². The molecule has 0 aliphatic rings. The normalized spacial score (nSPS) is 12.8. The van der Waals surface area contributed by atoms with Gasteiger partial charge < -0.3 is 9.63 Å². The molecular weight excluding hydrogens is 148 g/mol. The van der Waals surface area contributed by atoms with E-state index in [1.54, 1.807) is 6.92 Å². The average Bonchev–Trinajstić information content (AvgIpc) is 2.40. The maximum Gasteiger partial charge on any atom is 0.316 e. The van der Waals surface area contributed by atoms with Crippen molar-refractivity contribution >= 4 is 5.97 Å². The number of carboxylic acids is 1. The van der Waals surface area contributed by atoms with E-state index in [1.165, 1.54) is 6.33 Å². The van der Waals surface area contributed by atoms with E-state index in [0.717, 1.165) is 0 Å². The molecule has 0 fully saturated rings. The van der Waals surface area contributed by atoms with Crippen LogP contribution in [-0.2, 0) is 4.79 Å². The minimum Gasteiger partial charge on any atom is -0.481 e. The standard InChI is InChI=1S/C6H8N2O3/c1-2-4(6(9)10)5-7-3-8-11-5/h3-4H,2H2,1H3,(H,9,10). The number of aromatic nitrogens is 2. The summed E-state index contributed by atoms with van der Waals surface area (Å²) in [5, 5.41) is 11.9. The van der Waals surface area contributed by atoms with Crippen molar-refractivity contribution in [1.82, 2.24) is 10.1 Å². The molecule has 1 rings (SSSR count). The van der Waals surface area contributed by atoms with Crippen LogP contribution in [0.3, 0.4) is 0 Å². The van der Waals surface area contributed by atoms with E-state index in [2.05, 4.69) is 14.7 Å². The minimum absolute atomic E-state index is 0.167. The fourth-order valence-corrected chi connectivity index (χ4v) is 0.790. The summed E-state index contributed by atoms with van der Waals surface area (Å²) in [6.45, 7) is 1.75. The van der Waals surface area contributed by atoms with Crippen LogP contribution in [0.2, 0.25) is 0 Å². The van der Waals surface area contributed by atoms with Gasteiger partial charge >= 0.3 is 5.97 Å². The van der Waals surface area contributed by atoms with E-state index in [0.29, 0.717) is 6.42 Å². The van der Waals surface area contributed by atoms with Gasteiger partial charge in [0.2, 0.25) is 5.89 Å². The summed E-state index contributed by atoms with van der Waals surface area (Å²) >= 11 is 0. The Kier molecular flexibility index (Phi) is 2.20. The second-order valence-electron chi connectivity index (χ2n) is 2.08. The summed E-state index contributed by atoms with van der Waals surface area (Å²) in [5.74, 6) is -1.44. The smallest absolute Gasteiger partial charge is 0.316 e. The van der Waals surface area contributed by atoms with E-state index < -0.39 is 11.9 Å². The number of hydrogen-bond donors (Lipinski definition) is 1. The first-order valence-electron chi connectivity index (χ1n) is 3.25. The Morgan fingerprint density at radius 3 is 3.00 bits per heavy atom. The van der Waals surface area contributed by atoms with Crippen LogP contribution in [0.15, 0.2) is 10.9 Å². The lowest BCUT2D eigenvalue weighted by molar-refractivity contribution is -0.139. The predicted octanol–water partition coefficient (Wildman–Crippen LogP) is 0.648. The first kappa shape index (κ1) is 7.71. The van der Waals surface area contributed by atoms with E-state index in [1.807, 2.05) is 0 Å². The SMILES string of the molecule is CCC(C(=O)O)c1ncno1. The van der Waals surface area contributed by atoms with Crippen molar-refractivity contribution in [2.24, 2.45) is 0 Å². The lowest BCUT2D eigenvalue weighted by Gasteiger charge is -2.01. The second-order valence-corrected chi connectivity index (χ2v) is 2.08. The fraction of sp³-hybridized carbons (Fsp3) is 0.500. The third kappa shape index (κ3) is 1.54. The van der Waals surface area contributed by atoms with Crippen molar-refractivity contribution < 1.29 is 14.4 Å². The average molecular weight is 156 g/mol. The van der Waals surface area contributed by atoms with Crippen LogP contribution in [0, 0.1) is 0 Å². The molecule has 60 valence electrons. The Bertz CT molecular complexity index is 232. The Labute approximate surface area is 63.0 Å². The first-order valence-corrected chi connectivity index (χ1v) is 3.25. The third-order valence-electron chi connectivity index (χ3n) is 1.38. The summed E-state index contributed by atoms with van der Waals surface area (Å²) < 4.78 is 4.61. The number of carbonyl (C=O) groups is 1. The number of carboxylic acid groups (broad SMARTS) is 1. The zero-order valence-electron chi connectivity index (χ0n) is 6.02. The number of rotatable bonds is 3. The summed E-state index contributed by atoms with van der Waals surface area (Å²) in [7, 11) is 0. The lowest BCUT2D eigenvalue weighted by atomic mass is 10.1. The molecule has 1 N–H and O–H groups in total. The number of aliphatic carboxylic acids is 1. The molecule has 0 aliphatic carbocycles. The largest absolute Gasteiger partial charge is 0.481 e. The minimum atomic E-state index is -0.934. The molecule has 0 aromatic carbocycles. The van der Waals surface area contributed by atoms with Crippen LogP contribution in [0.25, 0.3) is 0 Å². The molecule has 5 nitrogen and oxygen atoms in total. The van der Waals surface area contributed by atoms with Gasteiger partial charge in [-0.05, 0) is 6.42 Å². The highest BCUT2D eigenvalue weighted by Crippen LogP contribution is 2.15.